The monoisotopic (exact) mass is 537 g/mol. The van der Waals surface area contributed by atoms with E-state index in [0.717, 1.165) is 31.5 Å². The number of hydrogen-bond acceptors (Lipinski definition) is 7. The van der Waals surface area contributed by atoms with Gasteiger partial charge < -0.3 is 20.1 Å². The first kappa shape index (κ1) is 26.8. The number of carbonyl (C=O) groups excluding carboxylic acids is 2. The van der Waals surface area contributed by atoms with Crippen molar-refractivity contribution in [1.29, 1.82) is 0 Å². The van der Waals surface area contributed by atoms with Crippen LogP contribution in [0.1, 0.15) is 34.3 Å². The number of fused-ring (bicyclic) bond motifs is 1. The molecule has 1 aromatic carbocycles. The van der Waals surface area contributed by atoms with Gasteiger partial charge in [0.15, 0.2) is 5.75 Å². The van der Waals surface area contributed by atoms with Gasteiger partial charge in [-0.05, 0) is 48.6 Å². The van der Waals surface area contributed by atoms with E-state index in [4.69, 9.17) is 4.74 Å². The Morgan fingerprint density at radius 3 is 2.49 bits per heavy atom. The van der Waals surface area contributed by atoms with Crippen LogP contribution in [0.15, 0.2) is 41.3 Å². The Kier molecular flexibility index (Phi) is 8.18. The van der Waals surface area contributed by atoms with Crippen LogP contribution in [0.4, 0.5) is 4.39 Å². The lowest BCUT2D eigenvalue weighted by molar-refractivity contribution is -0.130. The van der Waals surface area contributed by atoms with E-state index < -0.39 is 22.8 Å². The highest BCUT2D eigenvalue weighted by Crippen LogP contribution is 2.26. The van der Waals surface area contributed by atoms with Gasteiger partial charge >= 0.3 is 0 Å². The van der Waals surface area contributed by atoms with Crippen molar-refractivity contribution in [2.75, 3.05) is 52.5 Å². The minimum Gasteiger partial charge on any atom is -0.505 e. The average molecular weight is 538 g/mol. The zero-order valence-corrected chi connectivity index (χ0v) is 21.7. The van der Waals surface area contributed by atoms with Crippen LogP contribution in [0.3, 0.4) is 0 Å². The maximum atomic E-state index is 13.6. The Labute approximate surface area is 225 Å². The number of morpholine rings is 1. The predicted molar refractivity (Wildman–Crippen MR) is 142 cm³/mol. The van der Waals surface area contributed by atoms with Crippen molar-refractivity contribution < 1.29 is 23.8 Å². The summed E-state index contributed by atoms with van der Waals surface area (Å²) in [6.45, 7) is 4.60. The molecule has 0 atom stereocenters. The number of nitrogens with one attached hydrogen (secondary N) is 1. The van der Waals surface area contributed by atoms with Gasteiger partial charge in [0.2, 0.25) is 5.91 Å². The lowest BCUT2D eigenvalue weighted by Gasteiger charge is -2.26. The lowest BCUT2D eigenvalue weighted by Crippen LogP contribution is -2.42. The minimum absolute atomic E-state index is 0.0602. The molecule has 4 heterocycles. The molecule has 0 aliphatic carbocycles. The van der Waals surface area contributed by atoms with Crippen molar-refractivity contribution in [3.8, 4) is 5.75 Å². The fourth-order valence-electron chi connectivity index (χ4n) is 5.09. The molecule has 2 amide bonds. The quantitative estimate of drug-likeness (QED) is 0.448. The van der Waals surface area contributed by atoms with Crippen molar-refractivity contribution in [2.45, 2.75) is 25.8 Å². The van der Waals surface area contributed by atoms with E-state index in [1.54, 1.807) is 29.3 Å². The van der Waals surface area contributed by atoms with Crippen LogP contribution in [0, 0.1) is 5.82 Å². The van der Waals surface area contributed by atoms with Gasteiger partial charge in [-0.2, -0.15) is 0 Å². The normalized spacial score (nSPS) is 16.1. The number of pyridine rings is 2. The summed E-state index contributed by atoms with van der Waals surface area (Å²) in [6.07, 6.45) is 3.75. The number of rotatable bonds is 8. The first-order valence-electron chi connectivity index (χ1n) is 13.3. The summed E-state index contributed by atoms with van der Waals surface area (Å²) in [5.74, 6) is -1.81. The molecule has 0 spiro atoms. The summed E-state index contributed by atoms with van der Waals surface area (Å²) in [5.41, 5.74) is 0.673. The number of halogens is 1. The third kappa shape index (κ3) is 6.10. The summed E-state index contributed by atoms with van der Waals surface area (Å²) >= 11 is 0. The van der Waals surface area contributed by atoms with E-state index in [0.29, 0.717) is 44.8 Å². The number of ether oxygens (including phenoxy) is 1. The van der Waals surface area contributed by atoms with E-state index in [2.05, 4.69) is 15.2 Å². The SMILES string of the molecule is O=C(NCCN1CCOCC1)c1c(O)c2ncc(Cc3ccc(F)cc3)cc2n(CC(=O)N2CCCC2)c1=O. The van der Waals surface area contributed by atoms with Crippen LogP contribution in [-0.2, 0) is 22.5 Å². The van der Waals surface area contributed by atoms with E-state index in [9.17, 15) is 23.9 Å². The molecule has 5 rings (SSSR count). The molecular weight excluding hydrogens is 505 g/mol. The first-order chi connectivity index (χ1) is 18.9. The molecule has 2 aliphatic rings. The van der Waals surface area contributed by atoms with E-state index in [-0.39, 0.29) is 35.8 Å². The highest BCUT2D eigenvalue weighted by atomic mass is 19.1. The molecule has 206 valence electrons. The molecule has 2 aliphatic heterocycles. The fourth-order valence-corrected chi connectivity index (χ4v) is 5.09. The van der Waals surface area contributed by atoms with Gasteiger partial charge in [0.05, 0.1) is 18.7 Å². The Morgan fingerprint density at radius 1 is 1.05 bits per heavy atom. The van der Waals surface area contributed by atoms with Gasteiger partial charge in [0, 0.05) is 45.5 Å². The standard InChI is InChI=1S/C28H32FN5O5/c29-21-5-3-19(4-6-21)15-20-16-22-25(31-17-20)26(36)24(27(37)30-7-10-32-11-13-39-14-12-32)28(38)34(22)18-23(35)33-8-1-2-9-33/h3-6,16-17,36H,1-2,7-15,18H2,(H,30,37). The Balaban J connectivity index is 1.47. The second-order valence-electron chi connectivity index (χ2n) is 9.93. The average Bonchev–Trinajstić information content (AvgIpc) is 3.48. The second kappa shape index (κ2) is 11.9. The van der Waals surface area contributed by atoms with Gasteiger partial charge in [0.1, 0.15) is 23.4 Å². The maximum Gasteiger partial charge on any atom is 0.268 e. The second-order valence-corrected chi connectivity index (χ2v) is 9.93. The van der Waals surface area contributed by atoms with E-state index in [1.807, 2.05) is 0 Å². The van der Waals surface area contributed by atoms with Crippen molar-refractivity contribution in [1.82, 2.24) is 24.7 Å². The zero-order chi connectivity index (χ0) is 27.4. The van der Waals surface area contributed by atoms with Crippen LogP contribution >= 0.6 is 0 Å². The maximum absolute atomic E-state index is 13.6. The zero-order valence-electron chi connectivity index (χ0n) is 21.7. The highest BCUT2D eigenvalue weighted by Gasteiger charge is 2.26. The number of nitrogens with zero attached hydrogens (tertiary/aromatic N) is 4. The summed E-state index contributed by atoms with van der Waals surface area (Å²) in [4.78, 5) is 48.1. The highest BCUT2D eigenvalue weighted by molar-refractivity contribution is 6.01. The van der Waals surface area contributed by atoms with Crippen LogP contribution in [0.5, 0.6) is 5.75 Å². The Morgan fingerprint density at radius 2 is 1.77 bits per heavy atom. The first-order valence-corrected chi connectivity index (χ1v) is 13.3. The summed E-state index contributed by atoms with van der Waals surface area (Å²) < 4.78 is 19.9. The molecule has 10 nitrogen and oxygen atoms in total. The molecule has 2 N–H and O–H groups in total. The van der Waals surface area contributed by atoms with Crippen LogP contribution in [0.2, 0.25) is 0 Å². The van der Waals surface area contributed by atoms with E-state index >= 15 is 0 Å². The molecule has 0 saturated carbocycles. The van der Waals surface area contributed by atoms with Gasteiger partial charge in [-0.15, -0.1) is 0 Å². The lowest BCUT2D eigenvalue weighted by atomic mass is 10.1. The Bertz CT molecular complexity index is 1410. The molecule has 0 bridgehead atoms. The largest absolute Gasteiger partial charge is 0.505 e. The molecule has 3 aromatic rings. The summed E-state index contributed by atoms with van der Waals surface area (Å²) in [7, 11) is 0. The van der Waals surface area contributed by atoms with Gasteiger partial charge in [-0.3, -0.25) is 28.8 Å². The summed E-state index contributed by atoms with van der Waals surface area (Å²) in [6, 6.07) is 7.73. The number of benzene rings is 1. The van der Waals surface area contributed by atoms with Crippen LogP contribution in [-0.4, -0.2) is 88.8 Å². The molecule has 11 heteroatoms. The van der Waals surface area contributed by atoms with Gasteiger partial charge in [-0.25, -0.2) is 4.39 Å². The van der Waals surface area contributed by atoms with Crippen molar-refractivity contribution in [3.63, 3.8) is 0 Å². The Hall–Kier alpha value is -3.83. The minimum atomic E-state index is -0.753. The van der Waals surface area contributed by atoms with E-state index in [1.165, 1.54) is 16.7 Å². The molecule has 0 radical (unpaired) electrons. The smallest absolute Gasteiger partial charge is 0.268 e. The summed E-state index contributed by atoms with van der Waals surface area (Å²) in [5, 5.41) is 13.8. The fraction of sp³-hybridized carbons (Fsp3) is 0.429. The van der Waals surface area contributed by atoms with Gasteiger partial charge in [-0.1, -0.05) is 12.1 Å². The predicted octanol–water partition coefficient (Wildman–Crippen LogP) is 1.52. The number of likely N-dealkylation sites (tertiary alicyclic amines) is 1. The van der Waals surface area contributed by atoms with Crippen molar-refractivity contribution in [2.24, 2.45) is 0 Å². The van der Waals surface area contributed by atoms with Crippen molar-refractivity contribution in [3.05, 3.63) is 69.4 Å². The number of carbonyl (C=O) groups is 2. The topological polar surface area (TPSA) is 117 Å². The van der Waals surface area contributed by atoms with Crippen LogP contribution in [0.25, 0.3) is 11.0 Å². The van der Waals surface area contributed by atoms with Crippen LogP contribution < -0.4 is 10.9 Å². The molecule has 2 saturated heterocycles. The molecule has 2 aromatic heterocycles. The molecule has 2 fully saturated rings. The third-order valence-electron chi connectivity index (χ3n) is 7.25. The number of hydrogen-bond donors (Lipinski definition) is 2. The van der Waals surface area contributed by atoms with Gasteiger partial charge in [0.25, 0.3) is 11.5 Å². The number of aromatic nitrogens is 2. The molecular formula is C28H32FN5O5. The number of aromatic hydroxyl groups is 1. The third-order valence-corrected chi connectivity index (χ3v) is 7.25. The molecule has 39 heavy (non-hydrogen) atoms. The number of amides is 2. The van der Waals surface area contributed by atoms with Crippen molar-refractivity contribution >= 4 is 22.8 Å². The molecule has 0 unspecified atom stereocenters.